The average Bonchev–Trinajstić information content (AvgIpc) is 2.40. The van der Waals surface area contributed by atoms with Crippen molar-refractivity contribution in [3.05, 3.63) is 53.6 Å². The standard InChI is InChI=1S/C14H10F3N3/c15-14(16,17)13-7-12(4-1-9(13)8-18)20-11-5-2-10(19)3-6-11/h1-7,20H,19H2. The van der Waals surface area contributed by atoms with E-state index in [-0.39, 0.29) is 5.69 Å². The zero-order valence-electron chi connectivity index (χ0n) is 10.2. The molecular weight excluding hydrogens is 267 g/mol. The van der Waals surface area contributed by atoms with Gasteiger partial charge in [0.25, 0.3) is 0 Å². The molecule has 2 rings (SSSR count). The topological polar surface area (TPSA) is 61.8 Å². The van der Waals surface area contributed by atoms with Crippen LogP contribution in [0.1, 0.15) is 11.1 Å². The van der Waals surface area contributed by atoms with Crippen molar-refractivity contribution in [1.82, 2.24) is 0 Å². The lowest BCUT2D eigenvalue weighted by molar-refractivity contribution is -0.137. The van der Waals surface area contributed by atoms with Gasteiger partial charge in [0.1, 0.15) is 0 Å². The van der Waals surface area contributed by atoms with E-state index < -0.39 is 17.3 Å². The van der Waals surface area contributed by atoms with Crippen LogP contribution in [0.15, 0.2) is 42.5 Å². The quantitative estimate of drug-likeness (QED) is 0.818. The highest BCUT2D eigenvalue weighted by molar-refractivity contribution is 5.64. The number of hydrogen-bond donors (Lipinski definition) is 2. The van der Waals surface area contributed by atoms with E-state index >= 15 is 0 Å². The molecule has 2 aromatic rings. The van der Waals surface area contributed by atoms with Crippen LogP contribution >= 0.6 is 0 Å². The molecule has 2 aromatic carbocycles. The maximum Gasteiger partial charge on any atom is 0.417 e. The monoisotopic (exact) mass is 277 g/mol. The fraction of sp³-hybridized carbons (Fsp3) is 0.0714. The molecule has 0 amide bonds. The molecule has 0 bridgehead atoms. The van der Waals surface area contributed by atoms with Crippen molar-refractivity contribution in [2.45, 2.75) is 6.18 Å². The molecule has 0 saturated carbocycles. The molecule has 0 saturated heterocycles. The van der Waals surface area contributed by atoms with E-state index in [4.69, 9.17) is 11.0 Å². The van der Waals surface area contributed by atoms with Crippen molar-refractivity contribution in [3.63, 3.8) is 0 Å². The molecule has 102 valence electrons. The molecule has 0 atom stereocenters. The van der Waals surface area contributed by atoms with Gasteiger partial charge in [0, 0.05) is 17.1 Å². The Bertz CT molecular complexity index is 655. The Hall–Kier alpha value is -2.68. The summed E-state index contributed by atoms with van der Waals surface area (Å²) >= 11 is 0. The van der Waals surface area contributed by atoms with Gasteiger partial charge in [-0.05, 0) is 42.5 Å². The summed E-state index contributed by atoms with van der Waals surface area (Å²) < 4.78 is 38.4. The van der Waals surface area contributed by atoms with Crippen LogP contribution in [0.25, 0.3) is 0 Å². The number of nitrogen functional groups attached to an aromatic ring is 1. The fourth-order valence-corrected chi connectivity index (χ4v) is 1.69. The first-order valence-corrected chi connectivity index (χ1v) is 5.64. The summed E-state index contributed by atoms with van der Waals surface area (Å²) in [5.41, 5.74) is 5.59. The van der Waals surface area contributed by atoms with Gasteiger partial charge in [-0.2, -0.15) is 18.4 Å². The van der Waals surface area contributed by atoms with Gasteiger partial charge in [0.05, 0.1) is 17.2 Å². The predicted octanol–water partition coefficient (Wildman–Crippen LogP) is 3.90. The first-order valence-electron chi connectivity index (χ1n) is 5.64. The third-order valence-electron chi connectivity index (χ3n) is 2.64. The molecule has 3 nitrogen and oxygen atoms in total. The van der Waals surface area contributed by atoms with Gasteiger partial charge in [-0.25, -0.2) is 0 Å². The summed E-state index contributed by atoms with van der Waals surface area (Å²) in [6.07, 6.45) is -4.57. The van der Waals surface area contributed by atoms with Crippen molar-refractivity contribution in [2.24, 2.45) is 0 Å². The molecule has 0 aliphatic rings. The van der Waals surface area contributed by atoms with Gasteiger partial charge in [0.2, 0.25) is 0 Å². The highest BCUT2D eigenvalue weighted by atomic mass is 19.4. The van der Waals surface area contributed by atoms with Crippen molar-refractivity contribution < 1.29 is 13.2 Å². The van der Waals surface area contributed by atoms with Gasteiger partial charge < -0.3 is 11.1 Å². The van der Waals surface area contributed by atoms with Crippen molar-refractivity contribution >= 4 is 17.1 Å². The first-order chi connectivity index (χ1) is 9.40. The van der Waals surface area contributed by atoms with E-state index in [1.807, 2.05) is 0 Å². The normalized spacial score (nSPS) is 10.9. The van der Waals surface area contributed by atoms with E-state index in [2.05, 4.69) is 5.32 Å². The van der Waals surface area contributed by atoms with E-state index in [0.29, 0.717) is 11.4 Å². The summed E-state index contributed by atoms with van der Waals surface area (Å²) in [4.78, 5) is 0. The molecule has 0 unspecified atom stereocenters. The molecule has 0 aliphatic carbocycles. The lowest BCUT2D eigenvalue weighted by Gasteiger charge is -2.12. The Balaban J connectivity index is 2.34. The van der Waals surface area contributed by atoms with Crippen LogP contribution in [0.2, 0.25) is 0 Å². The number of hydrogen-bond acceptors (Lipinski definition) is 3. The third kappa shape index (κ3) is 3.01. The number of nitrogens with zero attached hydrogens (tertiary/aromatic N) is 1. The number of benzene rings is 2. The van der Waals surface area contributed by atoms with Gasteiger partial charge in [-0.15, -0.1) is 0 Å². The molecule has 6 heteroatoms. The summed E-state index contributed by atoms with van der Waals surface area (Å²) in [6, 6.07) is 11.6. The van der Waals surface area contributed by atoms with Gasteiger partial charge in [-0.3, -0.25) is 0 Å². The van der Waals surface area contributed by atoms with E-state index in [9.17, 15) is 13.2 Å². The second-order valence-corrected chi connectivity index (χ2v) is 4.12. The molecule has 0 aliphatic heterocycles. The van der Waals surface area contributed by atoms with Crippen LogP contribution in [0.4, 0.5) is 30.2 Å². The average molecular weight is 277 g/mol. The Morgan fingerprint density at radius 2 is 1.60 bits per heavy atom. The van der Waals surface area contributed by atoms with Crippen molar-refractivity contribution in [3.8, 4) is 6.07 Å². The minimum atomic E-state index is -4.57. The molecule has 0 aromatic heterocycles. The number of nitrogens with one attached hydrogen (secondary N) is 1. The molecule has 0 heterocycles. The Morgan fingerprint density at radius 3 is 2.15 bits per heavy atom. The lowest BCUT2D eigenvalue weighted by Crippen LogP contribution is -2.08. The zero-order chi connectivity index (χ0) is 14.8. The van der Waals surface area contributed by atoms with Crippen LogP contribution in [-0.2, 0) is 6.18 Å². The number of halogens is 3. The smallest absolute Gasteiger partial charge is 0.399 e. The van der Waals surface area contributed by atoms with Crippen molar-refractivity contribution in [1.29, 1.82) is 5.26 Å². The largest absolute Gasteiger partial charge is 0.417 e. The summed E-state index contributed by atoms with van der Waals surface area (Å²) in [5, 5.41) is 11.5. The minimum Gasteiger partial charge on any atom is -0.399 e. The number of nitriles is 1. The predicted molar refractivity (Wildman–Crippen MR) is 70.3 cm³/mol. The Kier molecular flexibility index (Phi) is 3.53. The second kappa shape index (κ2) is 5.13. The third-order valence-corrected chi connectivity index (χ3v) is 2.64. The number of nitrogens with two attached hydrogens (primary N) is 1. The van der Waals surface area contributed by atoms with Gasteiger partial charge in [0.15, 0.2) is 0 Å². The second-order valence-electron chi connectivity index (χ2n) is 4.12. The van der Waals surface area contributed by atoms with E-state index in [0.717, 1.165) is 12.1 Å². The lowest BCUT2D eigenvalue weighted by atomic mass is 10.1. The maximum absolute atomic E-state index is 12.8. The minimum absolute atomic E-state index is 0.251. The van der Waals surface area contributed by atoms with Crippen LogP contribution in [0.3, 0.4) is 0 Å². The molecular formula is C14H10F3N3. The zero-order valence-corrected chi connectivity index (χ0v) is 10.2. The van der Waals surface area contributed by atoms with Crippen molar-refractivity contribution in [2.75, 3.05) is 11.1 Å². The van der Waals surface area contributed by atoms with Crippen LogP contribution in [0.5, 0.6) is 0 Å². The van der Waals surface area contributed by atoms with Gasteiger partial charge >= 0.3 is 6.18 Å². The summed E-state index contributed by atoms with van der Waals surface area (Å²) in [7, 11) is 0. The Morgan fingerprint density at radius 1 is 1.00 bits per heavy atom. The molecule has 0 fully saturated rings. The summed E-state index contributed by atoms with van der Waals surface area (Å²) in [5.74, 6) is 0. The summed E-state index contributed by atoms with van der Waals surface area (Å²) in [6.45, 7) is 0. The maximum atomic E-state index is 12.8. The van der Waals surface area contributed by atoms with Crippen LogP contribution in [-0.4, -0.2) is 0 Å². The number of anilines is 3. The van der Waals surface area contributed by atoms with E-state index in [1.165, 1.54) is 12.1 Å². The first kappa shape index (κ1) is 13.7. The molecule has 0 spiro atoms. The van der Waals surface area contributed by atoms with Gasteiger partial charge in [-0.1, -0.05) is 0 Å². The SMILES string of the molecule is N#Cc1ccc(Nc2ccc(N)cc2)cc1C(F)(F)F. The van der Waals surface area contributed by atoms with Crippen LogP contribution < -0.4 is 11.1 Å². The van der Waals surface area contributed by atoms with E-state index in [1.54, 1.807) is 24.3 Å². The van der Waals surface area contributed by atoms with Crippen LogP contribution in [0, 0.1) is 11.3 Å². The highest BCUT2D eigenvalue weighted by Crippen LogP contribution is 2.34. The molecule has 20 heavy (non-hydrogen) atoms. The fourth-order valence-electron chi connectivity index (χ4n) is 1.69. The number of rotatable bonds is 2. The highest BCUT2D eigenvalue weighted by Gasteiger charge is 2.33. The molecule has 3 N–H and O–H groups in total. The Labute approximate surface area is 113 Å². The molecule has 0 radical (unpaired) electrons. The number of alkyl halides is 3.